The minimum absolute atomic E-state index is 0.00765. The molecule has 1 atom stereocenters. The van der Waals surface area contributed by atoms with Crippen molar-refractivity contribution in [3.8, 4) is 0 Å². The largest absolute Gasteiger partial charge is 0.388 e. The Morgan fingerprint density at radius 1 is 1.10 bits per heavy atom. The van der Waals surface area contributed by atoms with E-state index in [4.69, 9.17) is 4.74 Å². The number of amides is 1. The van der Waals surface area contributed by atoms with Crippen LogP contribution in [0.1, 0.15) is 53.3 Å². The molecule has 4 rings (SSSR count). The second-order valence-electron chi connectivity index (χ2n) is 7.95. The number of para-hydroxylation sites is 1. The molecule has 2 heterocycles. The van der Waals surface area contributed by atoms with Gasteiger partial charge in [0.1, 0.15) is 0 Å². The first-order valence-electron chi connectivity index (χ1n) is 10.6. The number of hydrogen-bond acceptors (Lipinski definition) is 4. The minimum Gasteiger partial charge on any atom is -0.388 e. The van der Waals surface area contributed by atoms with Crippen LogP contribution in [0.5, 0.6) is 0 Å². The van der Waals surface area contributed by atoms with E-state index in [9.17, 15) is 9.90 Å². The second-order valence-corrected chi connectivity index (χ2v) is 7.95. The molecular weight excluding hydrogens is 364 g/mol. The number of aliphatic hydroxyl groups excluding tert-OH is 1. The first kappa shape index (κ1) is 19.9. The summed E-state index contributed by atoms with van der Waals surface area (Å²) in [4.78, 5) is 17.4. The molecule has 0 bridgehead atoms. The van der Waals surface area contributed by atoms with Gasteiger partial charge in [0.25, 0.3) is 5.91 Å². The van der Waals surface area contributed by atoms with Gasteiger partial charge in [0.15, 0.2) is 0 Å². The molecule has 0 aromatic heterocycles. The Hall–Kier alpha value is -2.37. The van der Waals surface area contributed by atoms with Crippen LogP contribution in [0, 0.1) is 0 Å². The van der Waals surface area contributed by atoms with Crippen LogP contribution < -0.4 is 9.80 Å². The number of nitrogens with zero attached hydrogens (tertiary/aromatic N) is 2. The Morgan fingerprint density at radius 3 is 2.83 bits per heavy atom. The Bertz CT molecular complexity index is 867. The predicted molar refractivity (Wildman–Crippen MR) is 116 cm³/mol. The van der Waals surface area contributed by atoms with Crippen LogP contribution in [-0.2, 0) is 11.2 Å². The zero-order chi connectivity index (χ0) is 20.2. The summed E-state index contributed by atoms with van der Waals surface area (Å²) in [5.41, 5.74) is 4.75. The molecule has 154 valence electrons. The van der Waals surface area contributed by atoms with Gasteiger partial charge in [-0.25, -0.2) is 0 Å². The van der Waals surface area contributed by atoms with E-state index in [2.05, 4.69) is 11.0 Å². The predicted octanol–water partition coefficient (Wildman–Crippen LogP) is 3.95. The maximum Gasteiger partial charge on any atom is 0.258 e. The average molecular weight is 395 g/mol. The number of anilines is 2. The summed E-state index contributed by atoms with van der Waals surface area (Å²) in [6.07, 6.45) is 4.27. The molecule has 2 aromatic carbocycles. The van der Waals surface area contributed by atoms with E-state index < -0.39 is 6.10 Å². The third-order valence-electron chi connectivity index (χ3n) is 6.08. The fourth-order valence-corrected chi connectivity index (χ4v) is 4.47. The summed E-state index contributed by atoms with van der Waals surface area (Å²) in [5, 5.41) is 10.9. The SMILES string of the molecule is COCCN1CCCCC[C@H](O)c2cc(C(=O)N3CCc4ccccc43)ccc21. The summed E-state index contributed by atoms with van der Waals surface area (Å²) >= 11 is 0. The molecule has 0 saturated carbocycles. The highest BCUT2D eigenvalue weighted by molar-refractivity contribution is 6.07. The van der Waals surface area contributed by atoms with Gasteiger partial charge in [-0.2, -0.15) is 0 Å². The zero-order valence-corrected chi connectivity index (χ0v) is 17.1. The van der Waals surface area contributed by atoms with Gasteiger partial charge in [-0.15, -0.1) is 0 Å². The lowest BCUT2D eigenvalue weighted by atomic mass is 9.99. The molecule has 2 aliphatic rings. The number of fused-ring (bicyclic) bond motifs is 2. The van der Waals surface area contributed by atoms with Gasteiger partial charge >= 0.3 is 0 Å². The van der Waals surface area contributed by atoms with Crippen molar-refractivity contribution in [2.45, 2.75) is 38.2 Å². The molecular formula is C24H30N2O3. The van der Waals surface area contributed by atoms with E-state index in [1.807, 2.05) is 41.3 Å². The standard InChI is InChI=1S/C24H30N2O3/c1-29-16-15-25-13-6-2-3-9-23(27)20-17-19(10-11-22(20)25)24(28)26-14-12-18-7-4-5-8-21(18)26/h4-5,7-8,10-11,17,23,27H,2-3,6,9,12-16H2,1H3/t23-/m0/s1. The van der Waals surface area contributed by atoms with Crippen LogP contribution in [0.2, 0.25) is 0 Å². The van der Waals surface area contributed by atoms with Crippen molar-refractivity contribution in [3.05, 3.63) is 59.2 Å². The number of hydrogen-bond donors (Lipinski definition) is 1. The summed E-state index contributed by atoms with van der Waals surface area (Å²) in [6, 6.07) is 13.9. The van der Waals surface area contributed by atoms with Crippen molar-refractivity contribution in [1.29, 1.82) is 0 Å². The summed E-state index contributed by atoms with van der Waals surface area (Å²) in [7, 11) is 1.71. The molecule has 5 heteroatoms. The Kier molecular flexibility index (Phi) is 6.16. The van der Waals surface area contributed by atoms with Gasteiger partial charge in [0.05, 0.1) is 12.7 Å². The number of benzene rings is 2. The van der Waals surface area contributed by atoms with Crippen molar-refractivity contribution in [1.82, 2.24) is 0 Å². The average Bonchev–Trinajstić information content (AvgIpc) is 3.20. The maximum atomic E-state index is 13.3. The molecule has 0 radical (unpaired) electrons. The Morgan fingerprint density at radius 2 is 1.97 bits per heavy atom. The first-order chi connectivity index (χ1) is 14.2. The van der Waals surface area contributed by atoms with Crippen LogP contribution >= 0.6 is 0 Å². The molecule has 0 unspecified atom stereocenters. The number of rotatable bonds is 4. The number of methoxy groups -OCH3 is 1. The molecule has 0 saturated heterocycles. The van der Waals surface area contributed by atoms with Crippen molar-refractivity contribution in [3.63, 3.8) is 0 Å². The lowest BCUT2D eigenvalue weighted by Gasteiger charge is -2.28. The van der Waals surface area contributed by atoms with E-state index >= 15 is 0 Å². The number of carbonyl (C=O) groups is 1. The molecule has 1 N–H and O–H groups in total. The highest BCUT2D eigenvalue weighted by Crippen LogP contribution is 2.34. The van der Waals surface area contributed by atoms with Gasteiger partial charge in [0.2, 0.25) is 0 Å². The molecule has 0 aliphatic carbocycles. The molecule has 1 amide bonds. The quantitative estimate of drug-likeness (QED) is 0.853. The van der Waals surface area contributed by atoms with E-state index in [-0.39, 0.29) is 5.91 Å². The van der Waals surface area contributed by atoms with Crippen molar-refractivity contribution in [2.75, 3.05) is 43.2 Å². The third kappa shape index (κ3) is 4.16. The smallest absolute Gasteiger partial charge is 0.258 e. The zero-order valence-electron chi connectivity index (χ0n) is 17.1. The fourth-order valence-electron chi connectivity index (χ4n) is 4.47. The third-order valence-corrected chi connectivity index (χ3v) is 6.08. The topological polar surface area (TPSA) is 53.0 Å². The summed E-state index contributed by atoms with van der Waals surface area (Å²) < 4.78 is 5.29. The van der Waals surface area contributed by atoms with Crippen LogP contribution in [0.25, 0.3) is 0 Å². The lowest BCUT2D eigenvalue weighted by molar-refractivity contribution is 0.0989. The van der Waals surface area contributed by atoms with E-state index in [1.54, 1.807) is 7.11 Å². The molecule has 5 nitrogen and oxygen atoms in total. The molecule has 29 heavy (non-hydrogen) atoms. The maximum absolute atomic E-state index is 13.3. The number of aliphatic hydroxyl groups is 1. The first-order valence-corrected chi connectivity index (χ1v) is 10.6. The van der Waals surface area contributed by atoms with E-state index in [0.29, 0.717) is 18.7 Å². The Balaban J connectivity index is 1.66. The van der Waals surface area contributed by atoms with Gasteiger partial charge in [-0.1, -0.05) is 31.0 Å². The molecule has 2 aliphatic heterocycles. The van der Waals surface area contributed by atoms with Crippen LogP contribution in [0.15, 0.2) is 42.5 Å². The lowest BCUT2D eigenvalue weighted by Crippen LogP contribution is -2.31. The summed E-state index contributed by atoms with van der Waals surface area (Å²) in [5.74, 6) is 0.00765. The van der Waals surface area contributed by atoms with E-state index in [0.717, 1.165) is 62.1 Å². The van der Waals surface area contributed by atoms with Gasteiger partial charge in [-0.05, 0) is 49.1 Å². The van der Waals surface area contributed by atoms with Crippen LogP contribution in [0.4, 0.5) is 11.4 Å². The number of ether oxygens (including phenoxy) is 1. The fraction of sp³-hybridized carbons (Fsp3) is 0.458. The van der Waals surface area contributed by atoms with Crippen LogP contribution in [-0.4, -0.2) is 44.4 Å². The second kappa shape index (κ2) is 8.97. The molecule has 0 spiro atoms. The van der Waals surface area contributed by atoms with Crippen molar-refractivity contribution in [2.24, 2.45) is 0 Å². The van der Waals surface area contributed by atoms with Gasteiger partial charge in [0, 0.05) is 49.2 Å². The van der Waals surface area contributed by atoms with Crippen LogP contribution in [0.3, 0.4) is 0 Å². The van der Waals surface area contributed by atoms with Crippen molar-refractivity contribution >= 4 is 17.3 Å². The van der Waals surface area contributed by atoms with Gasteiger partial charge in [-0.3, -0.25) is 4.79 Å². The normalized spacial score (nSPS) is 19.2. The highest BCUT2D eigenvalue weighted by Gasteiger charge is 2.27. The van der Waals surface area contributed by atoms with Crippen molar-refractivity contribution < 1.29 is 14.6 Å². The summed E-state index contributed by atoms with van der Waals surface area (Å²) in [6.45, 7) is 3.07. The number of carbonyl (C=O) groups excluding carboxylic acids is 1. The Labute approximate surface area is 172 Å². The molecule has 0 fully saturated rings. The highest BCUT2D eigenvalue weighted by atomic mass is 16.5. The van der Waals surface area contributed by atoms with Gasteiger partial charge < -0.3 is 19.6 Å². The van der Waals surface area contributed by atoms with E-state index in [1.165, 1.54) is 5.56 Å². The monoisotopic (exact) mass is 394 g/mol. The minimum atomic E-state index is -0.549. The molecule has 2 aromatic rings.